The molecule has 0 saturated carbocycles. The number of fused-ring (bicyclic) bond motifs is 1. The highest BCUT2D eigenvalue weighted by molar-refractivity contribution is 5.95. The van der Waals surface area contributed by atoms with Gasteiger partial charge in [-0.3, -0.25) is 19.0 Å². The van der Waals surface area contributed by atoms with E-state index in [-0.39, 0.29) is 29.7 Å². The van der Waals surface area contributed by atoms with Crippen LogP contribution in [0.2, 0.25) is 0 Å². The molecule has 10 heteroatoms. The Bertz CT molecular complexity index is 1450. The van der Waals surface area contributed by atoms with Crippen LogP contribution in [0, 0.1) is 11.3 Å². The van der Waals surface area contributed by atoms with Crippen LogP contribution in [0.25, 0.3) is 5.69 Å². The molecule has 0 radical (unpaired) electrons. The van der Waals surface area contributed by atoms with E-state index in [9.17, 15) is 14.4 Å². The number of allylic oxidation sites excluding steroid dienone is 2. The van der Waals surface area contributed by atoms with Gasteiger partial charge in [-0.25, -0.2) is 0 Å². The van der Waals surface area contributed by atoms with Gasteiger partial charge in [0.2, 0.25) is 11.8 Å². The van der Waals surface area contributed by atoms with Gasteiger partial charge in [-0.15, -0.1) is 10.2 Å². The van der Waals surface area contributed by atoms with E-state index in [0.717, 1.165) is 11.3 Å². The van der Waals surface area contributed by atoms with Crippen molar-refractivity contribution >= 4 is 17.7 Å². The summed E-state index contributed by atoms with van der Waals surface area (Å²) in [6.45, 7) is 2.10. The second kappa shape index (κ2) is 12.9. The zero-order valence-corrected chi connectivity index (χ0v) is 24.2. The number of ether oxygens (including phenoxy) is 1. The number of nitrogens with one attached hydrogen (secondary N) is 2. The third kappa shape index (κ3) is 6.54. The molecule has 1 spiro atoms. The number of amides is 3. The minimum absolute atomic E-state index is 0.0369. The molecule has 10 nitrogen and oxygen atoms in total. The number of piperidine rings is 1. The van der Waals surface area contributed by atoms with E-state index in [1.807, 2.05) is 59.5 Å². The lowest BCUT2D eigenvalue weighted by Crippen LogP contribution is -2.58. The Balaban J connectivity index is 1.23. The van der Waals surface area contributed by atoms with Crippen LogP contribution in [0.1, 0.15) is 48.0 Å². The lowest BCUT2D eigenvalue weighted by atomic mass is 9.75. The number of carbonyl (C=O) groups is 3. The van der Waals surface area contributed by atoms with Gasteiger partial charge in [0.1, 0.15) is 18.7 Å². The number of aromatic nitrogens is 3. The standard InChI is InChI=1S/C33H38N6O4/c40-30-29(19-24-7-2-1-3-8-24)37-32(42)33(14-17-43-18-15-33)13-5-4-9-26-21-38(16-12-28(26)36-30)31(41)25-10-6-11-27(20-25)39-22-34-35-23-39/h1-8,10-11,20,22-23,26,28-29H,9,12-19,21H2,(H,36,40)(H,37,42)/b5-4+/t26-,28+,29-/m1/s1. The molecular formula is C33H38N6O4. The molecule has 2 saturated heterocycles. The van der Waals surface area contributed by atoms with Gasteiger partial charge in [-0.05, 0) is 55.9 Å². The third-order valence-corrected chi connectivity index (χ3v) is 9.11. The van der Waals surface area contributed by atoms with Crippen LogP contribution < -0.4 is 10.6 Å². The van der Waals surface area contributed by atoms with Crippen LogP contribution in [-0.2, 0) is 20.7 Å². The maximum Gasteiger partial charge on any atom is 0.253 e. The van der Waals surface area contributed by atoms with Crippen LogP contribution in [0.4, 0.5) is 0 Å². The molecular weight excluding hydrogens is 544 g/mol. The zero-order valence-electron chi connectivity index (χ0n) is 24.2. The van der Waals surface area contributed by atoms with E-state index in [2.05, 4.69) is 33.0 Å². The zero-order chi connectivity index (χ0) is 29.6. The maximum atomic E-state index is 13.8. The van der Waals surface area contributed by atoms with Crippen molar-refractivity contribution in [2.45, 2.75) is 50.6 Å². The average molecular weight is 583 g/mol. The van der Waals surface area contributed by atoms with Gasteiger partial charge in [-0.2, -0.15) is 0 Å². The quantitative estimate of drug-likeness (QED) is 0.457. The fourth-order valence-corrected chi connectivity index (χ4v) is 6.48. The minimum Gasteiger partial charge on any atom is -0.381 e. The number of hydrogen-bond donors (Lipinski definition) is 2. The van der Waals surface area contributed by atoms with Crippen molar-refractivity contribution in [2.75, 3.05) is 26.3 Å². The highest BCUT2D eigenvalue weighted by Crippen LogP contribution is 2.36. The first kappa shape index (κ1) is 28.8. The third-order valence-electron chi connectivity index (χ3n) is 9.11. The largest absolute Gasteiger partial charge is 0.381 e. The normalized spacial score (nSPS) is 25.0. The summed E-state index contributed by atoms with van der Waals surface area (Å²) in [7, 11) is 0. The number of nitrogens with zero attached hydrogens (tertiary/aromatic N) is 4. The van der Waals surface area contributed by atoms with E-state index in [1.165, 1.54) is 0 Å². The fourth-order valence-electron chi connectivity index (χ4n) is 6.48. The molecule has 3 amide bonds. The van der Waals surface area contributed by atoms with E-state index in [4.69, 9.17) is 4.74 Å². The van der Waals surface area contributed by atoms with Gasteiger partial charge >= 0.3 is 0 Å². The highest BCUT2D eigenvalue weighted by atomic mass is 16.5. The van der Waals surface area contributed by atoms with Crippen LogP contribution in [0.3, 0.4) is 0 Å². The predicted molar refractivity (Wildman–Crippen MR) is 160 cm³/mol. The summed E-state index contributed by atoms with van der Waals surface area (Å²) in [5.74, 6) is -0.259. The molecule has 3 atom stereocenters. The summed E-state index contributed by atoms with van der Waals surface area (Å²) in [6, 6.07) is 16.4. The number of benzene rings is 2. The first-order chi connectivity index (χ1) is 21.0. The predicted octanol–water partition coefficient (Wildman–Crippen LogP) is 3.09. The summed E-state index contributed by atoms with van der Waals surface area (Å²) in [5.41, 5.74) is 1.80. The highest BCUT2D eigenvalue weighted by Gasteiger charge is 2.41. The van der Waals surface area contributed by atoms with Crippen molar-refractivity contribution in [3.8, 4) is 5.69 Å². The van der Waals surface area contributed by atoms with E-state index in [1.54, 1.807) is 17.2 Å². The molecule has 3 aliphatic rings. The van der Waals surface area contributed by atoms with E-state index < -0.39 is 11.5 Å². The smallest absolute Gasteiger partial charge is 0.253 e. The monoisotopic (exact) mass is 582 g/mol. The lowest BCUT2D eigenvalue weighted by molar-refractivity contribution is -0.140. The molecule has 224 valence electrons. The van der Waals surface area contributed by atoms with Crippen molar-refractivity contribution in [1.82, 2.24) is 30.3 Å². The number of hydrogen-bond acceptors (Lipinski definition) is 6. The molecule has 2 N–H and O–H groups in total. The maximum absolute atomic E-state index is 13.8. The van der Waals surface area contributed by atoms with Crippen molar-refractivity contribution in [3.63, 3.8) is 0 Å². The Morgan fingerprint density at radius 3 is 2.56 bits per heavy atom. The number of likely N-dealkylation sites (tertiary alicyclic amines) is 1. The molecule has 6 rings (SSSR count). The molecule has 3 aliphatic heterocycles. The molecule has 2 fully saturated rings. The number of rotatable bonds is 4. The molecule has 4 heterocycles. The van der Waals surface area contributed by atoms with E-state index in [0.29, 0.717) is 70.4 Å². The van der Waals surface area contributed by atoms with Gasteiger partial charge in [0.05, 0.1) is 5.41 Å². The topological polar surface area (TPSA) is 118 Å². The van der Waals surface area contributed by atoms with Crippen molar-refractivity contribution in [2.24, 2.45) is 11.3 Å². The van der Waals surface area contributed by atoms with Crippen LogP contribution in [0.5, 0.6) is 0 Å². The average Bonchev–Trinajstić information content (AvgIpc) is 3.59. The second-order valence-electron chi connectivity index (χ2n) is 11.9. The summed E-state index contributed by atoms with van der Waals surface area (Å²) < 4.78 is 7.37. The van der Waals surface area contributed by atoms with Crippen LogP contribution in [-0.4, -0.2) is 75.8 Å². The first-order valence-electron chi connectivity index (χ1n) is 15.1. The first-order valence-corrected chi connectivity index (χ1v) is 15.1. The molecule has 1 aromatic heterocycles. The molecule has 0 unspecified atom stereocenters. The van der Waals surface area contributed by atoms with Crippen molar-refractivity contribution in [1.29, 1.82) is 0 Å². The van der Waals surface area contributed by atoms with E-state index >= 15 is 0 Å². The molecule has 0 aliphatic carbocycles. The Kier molecular flexibility index (Phi) is 8.64. The fraction of sp³-hybridized carbons (Fsp3) is 0.424. The van der Waals surface area contributed by atoms with Crippen molar-refractivity contribution < 1.29 is 19.1 Å². The van der Waals surface area contributed by atoms with Gasteiger partial charge in [0.15, 0.2) is 0 Å². The molecule has 3 aromatic rings. The summed E-state index contributed by atoms with van der Waals surface area (Å²) >= 11 is 0. The lowest BCUT2D eigenvalue weighted by Gasteiger charge is -2.40. The van der Waals surface area contributed by atoms with Gasteiger partial charge in [0.25, 0.3) is 5.91 Å². The van der Waals surface area contributed by atoms with Crippen molar-refractivity contribution in [3.05, 3.63) is 90.5 Å². The molecule has 43 heavy (non-hydrogen) atoms. The van der Waals surface area contributed by atoms with Crippen LogP contribution in [0.15, 0.2) is 79.4 Å². The van der Waals surface area contributed by atoms with Crippen LogP contribution >= 0.6 is 0 Å². The Morgan fingerprint density at radius 2 is 1.77 bits per heavy atom. The van der Waals surface area contributed by atoms with Gasteiger partial charge in [-0.1, -0.05) is 48.6 Å². The summed E-state index contributed by atoms with van der Waals surface area (Å²) in [4.78, 5) is 43.1. The molecule has 0 bridgehead atoms. The minimum atomic E-state index is -0.696. The van der Waals surface area contributed by atoms with Gasteiger partial charge in [0, 0.05) is 55.9 Å². The SMILES string of the molecule is O=C1N[C@H]2CCN(C(=O)c3cccc(-n4cnnc4)c3)C[C@H]2C/C=C/CC2(CCOCC2)C(=O)N[C@@H]1Cc1ccccc1. The number of carbonyl (C=O) groups excluding carboxylic acids is 3. The Labute approximate surface area is 251 Å². The Morgan fingerprint density at radius 1 is 0.977 bits per heavy atom. The van der Waals surface area contributed by atoms with Gasteiger partial charge < -0.3 is 20.3 Å². The second-order valence-corrected chi connectivity index (χ2v) is 11.9. The summed E-state index contributed by atoms with van der Waals surface area (Å²) in [6.07, 6.45) is 11.0. The summed E-state index contributed by atoms with van der Waals surface area (Å²) in [5, 5.41) is 14.1. The molecule has 2 aromatic carbocycles. The Hall–Kier alpha value is -4.31.